The van der Waals surface area contributed by atoms with E-state index in [1.165, 1.54) is 12.1 Å². The van der Waals surface area contributed by atoms with Gasteiger partial charge >= 0.3 is 0 Å². The lowest BCUT2D eigenvalue weighted by Crippen LogP contribution is -2.34. The molecule has 3 aromatic rings. The van der Waals surface area contributed by atoms with Gasteiger partial charge in [-0.05, 0) is 61.2 Å². The molecule has 0 unspecified atom stereocenters. The van der Waals surface area contributed by atoms with Crippen molar-refractivity contribution < 1.29 is 9.59 Å². The molecular weight excluding hydrogens is 380 g/mol. The van der Waals surface area contributed by atoms with Crippen molar-refractivity contribution in [3.05, 3.63) is 87.3 Å². The highest BCUT2D eigenvalue weighted by atomic mass is 16.2. The number of amides is 2. The van der Waals surface area contributed by atoms with Crippen molar-refractivity contribution in [1.82, 2.24) is 9.78 Å². The van der Waals surface area contributed by atoms with Crippen LogP contribution in [0.25, 0.3) is 0 Å². The fraction of sp³-hybridized carbons (Fsp3) is 0.217. The van der Waals surface area contributed by atoms with Gasteiger partial charge in [0, 0.05) is 24.0 Å². The van der Waals surface area contributed by atoms with Gasteiger partial charge < -0.3 is 10.2 Å². The Bertz CT molecular complexity index is 1200. The summed E-state index contributed by atoms with van der Waals surface area (Å²) in [6, 6.07) is 16.0. The van der Waals surface area contributed by atoms with Crippen molar-refractivity contribution in [2.45, 2.75) is 26.8 Å². The number of carbonyl (C=O) groups excluding carboxylic acids is 2. The second kappa shape index (κ2) is 7.94. The number of hydrogen-bond donors (Lipinski definition) is 1. The Labute approximate surface area is 174 Å². The van der Waals surface area contributed by atoms with Crippen LogP contribution in [-0.4, -0.2) is 28.1 Å². The largest absolute Gasteiger partial charge is 0.324 e. The van der Waals surface area contributed by atoms with Crippen LogP contribution in [0.2, 0.25) is 0 Å². The minimum absolute atomic E-state index is 0.130. The summed E-state index contributed by atoms with van der Waals surface area (Å²) in [5.74, 6) is -0.674. The summed E-state index contributed by atoms with van der Waals surface area (Å²) in [6.45, 7) is 4.24. The first-order valence-electron chi connectivity index (χ1n) is 9.77. The van der Waals surface area contributed by atoms with Crippen LogP contribution in [0.4, 0.5) is 11.4 Å². The molecular formula is C23H22N4O3. The normalized spacial score (nSPS) is 12.5. The predicted molar refractivity (Wildman–Crippen MR) is 115 cm³/mol. The number of aryl methyl sites for hydroxylation is 2. The number of nitrogens with one attached hydrogen (secondary N) is 1. The average Bonchev–Trinajstić information content (AvgIpc) is 3.16. The van der Waals surface area contributed by atoms with Crippen molar-refractivity contribution in [1.29, 1.82) is 0 Å². The first kappa shape index (κ1) is 19.6. The van der Waals surface area contributed by atoms with Crippen LogP contribution in [0.15, 0.2) is 59.4 Å². The highest BCUT2D eigenvalue weighted by Gasteiger charge is 2.26. The molecule has 2 amide bonds. The Morgan fingerprint density at radius 3 is 2.63 bits per heavy atom. The molecule has 7 heteroatoms. The average molecular weight is 402 g/mol. The van der Waals surface area contributed by atoms with Gasteiger partial charge in [-0.25, -0.2) is 4.68 Å². The molecule has 0 radical (unpaired) electrons. The Balaban J connectivity index is 1.52. The number of rotatable bonds is 4. The molecule has 7 nitrogen and oxygen atoms in total. The number of aromatic nitrogens is 2. The fourth-order valence-corrected chi connectivity index (χ4v) is 3.52. The van der Waals surface area contributed by atoms with E-state index in [4.69, 9.17) is 0 Å². The smallest absolute Gasteiger partial charge is 0.278 e. The summed E-state index contributed by atoms with van der Waals surface area (Å²) in [6.07, 6.45) is 0.778. The molecule has 0 atom stereocenters. The number of hydrogen-bond acceptors (Lipinski definition) is 4. The third kappa shape index (κ3) is 3.87. The Hall–Kier alpha value is -3.74. The first-order chi connectivity index (χ1) is 14.4. The Morgan fingerprint density at radius 2 is 1.83 bits per heavy atom. The van der Waals surface area contributed by atoms with Crippen molar-refractivity contribution in [2.75, 3.05) is 16.8 Å². The van der Waals surface area contributed by atoms with Crippen LogP contribution >= 0.6 is 0 Å². The molecule has 152 valence electrons. The fourth-order valence-electron chi connectivity index (χ4n) is 3.52. The number of benzene rings is 2. The zero-order valence-corrected chi connectivity index (χ0v) is 16.9. The van der Waals surface area contributed by atoms with E-state index in [1.807, 2.05) is 50.2 Å². The highest BCUT2D eigenvalue weighted by Crippen LogP contribution is 2.28. The summed E-state index contributed by atoms with van der Waals surface area (Å²) in [7, 11) is 0. The van der Waals surface area contributed by atoms with Gasteiger partial charge in [0.15, 0.2) is 0 Å². The number of carbonyl (C=O) groups is 2. The minimum Gasteiger partial charge on any atom is -0.324 e. The molecule has 0 bridgehead atoms. The van der Waals surface area contributed by atoms with E-state index in [9.17, 15) is 14.4 Å². The lowest BCUT2D eigenvalue weighted by molar-refractivity contribution is -0.117. The van der Waals surface area contributed by atoms with Crippen molar-refractivity contribution in [3.8, 4) is 0 Å². The molecule has 30 heavy (non-hydrogen) atoms. The van der Waals surface area contributed by atoms with Gasteiger partial charge in [0.05, 0.1) is 0 Å². The molecule has 2 heterocycles. The third-order valence-corrected chi connectivity index (χ3v) is 5.30. The van der Waals surface area contributed by atoms with Crippen LogP contribution in [0.5, 0.6) is 0 Å². The predicted octanol–water partition coefficient (Wildman–Crippen LogP) is 2.70. The lowest BCUT2D eigenvalue weighted by atomic mass is 10.1. The van der Waals surface area contributed by atoms with Crippen LogP contribution < -0.4 is 15.8 Å². The summed E-state index contributed by atoms with van der Waals surface area (Å²) >= 11 is 0. The van der Waals surface area contributed by atoms with Crippen molar-refractivity contribution >= 4 is 23.2 Å². The zero-order chi connectivity index (χ0) is 21.3. The van der Waals surface area contributed by atoms with E-state index < -0.39 is 5.56 Å². The Kier molecular flexibility index (Phi) is 5.18. The van der Waals surface area contributed by atoms with E-state index in [-0.39, 0.29) is 24.1 Å². The second-order valence-corrected chi connectivity index (χ2v) is 7.40. The molecule has 0 aliphatic carbocycles. The maximum atomic E-state index is 13.0. The maximum absolute atomic E-state index is 13.0. The number of fused-ring (bicyclic) bond motifs is 1. The molecule has 2 aromatic carbocycles. The van der Waals surface area contributed by atoms with E-state index in [1.54, 1.807) is 11.0 Å². The molecule has 0 fully saturated rings. The number of anilines is 2. The zero-order valence-electron chi connectivity index (χ0n) is 16.9. The Morgan fingerprint density at radius 1 is 1.03 bits per heavy atom. The van der Waals surface area contributed by atoms with Crippen molar-refractivity contribution in [3.63, 3.8) is 0 Å². The second-order valence-electron chi connectivity index (χ2n) is 7.40. The van der Waals surface area contributed by atoms with Gasteiger partial charge in [-0.2, -0.15) is 5.10 Å². The quantitative estimate of drug-likeness (QED) is 0.727. The van der Waals surface area contributed by atoms with Crippen molar-refractivity contribution in [2.24, 2.45) is 0 Å². The highest BCUT2D eigenvalue weighted by molar-refractivity contribution is 6.06. The third-order valence-electron chi connectivity index (χ3n) is 5.30. The van der Waals surface area contributed by atoms with Gasteiger partial charge in [-0.1, -0.05) is 24.3 Å². The van der Waals surface area contributed by atoms with E-state index in [0.717, 1.165) is 33.5 Å². The summed E-state index contributed by atoms with van der Waals surface area (Å²) in [5.41, 5.74) is 4.48. The summed E-state index contributed by atoms with van der Waals surface area (Å²) in [5, 5.41) is 6.92. The topological polar surface area (TPSA) is 84.3 Å². The minimum atomic E-state index is -0.441. The molecule has 1 N–H and O–H groups in total. The summed E-state index contributed by atoms with van der Waals surface area (Å²) < 4.78 is 1.02. The monoisotopic (exact) mass is 402 g/mol. The van der Waals surface area contributed by atoms with Crippen LogP contribution in [0.1, 0.15) is 27.2 Å². The van der Waals surface area contributed by atoms with Gasteiger partial charge in [0.25, 0.3) is 11.5 Å². The van der Waals surface area contributed by atoms with E-state index >= 15 is 0 Å². The molecule has 1 aliphatic rings. The van der Waals surface area contributed by atoms with Crippen LogP contribution in [0.3, 0.4) is 0 Å². The van der Waals surface area contributed by atoms with Gasteiger partial charge in [0.2, 0.25) is 5.91 Å². The molecule has 0 spiro atoms. The molecule has 4 rings (SSSR count). The van der Waals surface area contributed by atoms with E-state index in [0.29, 0.717) is 12.2 Å². The SMILES string of the molecule is Cc1ccc(NC(=O)Cn2nc(C(=O)N3CCc4ccccc43)ccc2=O)cc1C. The lowest BCUT2D eigenvalue weighted by Gasteiger charge is -2.17. The molecule has 0 saturated carbocycles. The van der Waals surface area contributed by atoms with Gasteiger partial charge in [-0.15, -0.1) is 0 Å². The first-order valence-corrected chi connectivity index (χ1v) is 9.77. The van der Waals surface area contributed by atoms with E-state index in [2.05, 4.69) is 10.4 Å². The number of para-hydroxylation sites is 1. The van der Waals surface area contributed by atoms with Gasteiger partial charge in [-0.3, -0.25) is 14.4 Å². The molecule has 1 aliphatic heterocycles. The standard InChI is InChI=1S/C23H22N4O3/c1-15-7-8-18(13-16(15)2)24-21(28)14-27-22(29)10-9-19(25-27)23(30)26-12-11-17-5-3-4-6-20(17)26/h3-10,13H,11-12,14H2,1-2H3,(H,24,28). The summed E-state index contributed by atoms with van der Waals surface area (Å²) in [4.78, 5) is 39.2. The van der Waals surface area contributed by atoms with Crippen LogP contribution in [0, 0.1) is 13.8 Å². The number of nitrogens with zero attached hydrogens (tertiary/aromatic N) is 3. The molecule has 1 aromatic heterocycles. The van der Waals surface area contributed by atoms with Crippen LogP contribution in [-0.2, 0) is 17.8 Å². The molecule has 0 saturated heterocycles. The van der Waals surface area contributed by atoms with Gasteiger partial charge in [0.1, 0.15) is 12.2 Å². The maximum Gasteiger partial charge on any atom is 0.278 e.